The summed E-state index contributed by atoms with van der Waals surface area (Å²) in [7, 11) is 0. The van der Waals surface area contributed by atoms with Crippen LogP contribution in [0.5, 0.6) is 0 Å². The van der Waals surface area contributed by atoms with E-state index in [-0.39, 0.29) is 0 Å². The average Bonchev–Trinajstić information content (AvgIpc) is 4.12. The topological polar surface area (TPSA) is 70.7 Å². The van der Waals surface area contributed by atoms with Crippen molar-refractivity contribution in [1.29, 1.82) is 0 Å². The maximum absolute atomic E-state index is 6.03. The van der Waals surface area contributed by atoms with Gasteiger partial charge in [0.05, 0.1) is 55.5 Å². The van der Waals surface area contributed by atoms with Crippen molar-refractivity contribution < 1.29 is 8.83 Å². The minimum Gasteiger partial charge on any atom is -0.456 e. The molecule has 8 aromatic carbocycles. The van der Waals surface area contributed by atoms with Crippen LogP contribution in [0.25, 0.3) is 111 Å². The zero-order valence-corrected chi connectivity index (χ0v) is 32.7. The first-order chi connectivity index (χ1) is 29.2. The Morgan fingerprint density at radius 2 is 0.797 bits per heavy atom. The van der Waals surface area contributed by atoms with Crippen molar-refractivity contribution in [3.8, 4) is 11.4 Å². The van der Waals surface area contributed by atoms with Crippen LogP contribution in [0.15, 0.2) is 189 Å². The van der Waals surface area contributed by atoms with Crippen LogP contribution in [-0.2, 0) is 0 Å². The lowest BCUT2D eigenvalue weighted by Gasteiger charge is -2.05. The number of fused-ring (bicyclic) bond motifs is 16. The highest BCUT2D eigenvalue weighted by Gasteiger charge is 2.20. The third-order valence-electron chi connectivity index (χ3n) is 11.5. The number of furan rings is 2. The minimum absolute atomic E-state index is 0.892. The van der Waals surface area contributed by atoms with Gasteiger partial charge in [0.2, 0.25) is 11.6 Å². The Balaban J connectivity index is 0.000000122. The maximum atomic E-state index is 6.03. The van der Waals surface area contributed by atoms with E-state index < -0.39 is 0 Å². The summed E-state index contributed by atoms with van der Waals surface area (Å²) in [6.45, 7) is 0. The Morgan fingerprint density at radius 3 is 1.37 bits per heavy atom. The maximum Gasteiger partial charge on any atom is 0.220 e. The SMILES string of the molecule is Brc1ccc2c(c1)n1c3ccccc3nc1n2-c1ccc2oc3ccccc3c2c1.c1ccc2c(c1)nc1n(-c3ccc4oc5ccccc5c4c3)c3ccccc3n21. The molecule has 6 aromatic heterocycles. The van der Waals surface area contributed by atoms with Gasteiger partial charge in [-0.2, -0.15) is 0 Å². The quantitative estimate of drug-likeness (QED) is 0.174. The zero-order chi connectivity index (χ0) is 38.8. The highest BCUT2D eigenvalue weighted by atomic mass is 79.9. The molecule has 278 valence electrons. The second kappa shape index (κ2) is 12.2. The first-order valence-corrected chi connectivity index (χ1v) is 20.2. The fourth-order valence-corrected chi connectivity index (χ4v) is 9.29. The van der Waals surface area contributed by atoms with E-state index in [1.165, 1.54) is 0 Å². The Kier molecular flexibility index (Phi) is 6.71. The second-order valence-corrected chi connectivity index (χ2v) is 15.7. The van der Waals surface area contributed by atoms with Crippen molar-refractivity contribution >= 4 is 115 Å². The molecule has 14 rings (SSSR count). The first kappa shape index (κ1) is 32.5. The lowest BCUT2D eigenvalue weighted by Crippen LogP contribution is -1.94. The van der Waals surface area contributed by atoms with E-state index in [0.717, 1.165) is 115 Å². The van der Waals surface area contributed by atoms with Crippen LogP contribution < -0.4 is 0 Å². The monoisotopic (exact) mass is 824 g/mol. The Labute approximate surface area is 342 Å². The summed E-state index contributed by atoms with van der Waals surface area (Å²) >= 11 is 3.64. The van der Waals surface area contributed by atoms with Gasteiger partial charge in [-0.3, -0.25) is 17.9 Å². The van der Waals surface area contributed by atoms with Gasteiger partial charge in [0, 0.05) is 26.0 Å². The van der Waals surface area contributed by atoms with Gasteiger partial charge in [-0.25, -0.2) is 9.97 Å². The number of halogens is 1. The van der Waals surface area contributed by atoms with Gasteiger partial charge >= 0.3 is 0 Å². The summed E-state index contributed by atoms with van der Waals surface area (Å²) in [5, 5.41) is 4.48. The molecular formula is C50H29BrN6O2. The molecular weight excluding hydrogens is 796 g/mol. The molecule has 14 aromatic rings. The molecule has 0 atom stereocenters. The summed E-state index contributed by atoms with van der Waals surface area (Å²) in [5.74, 6) is 1.82. The normalized spacial score (nSPS) is 12.2. The van der Waals surface area contributed by atoms with Gasteiger partial charge in [0.15, 0.2) is 0 Å². The molecule has 8 nitrogen and oxygen atoms in total. The fraction of sp³-hybridized carbons (Fsp3) is 0. The van der Waals surface area contributed by atoms with Crippen molar-refractivity contribution in [3.63, 3.8) is 0 Å². The number of benzene rings is 8. The van der Waals surface area contributed by atoms with Crippen LogP contribution >= 0.6 is 15.9 Å². The fourth-order valence-electron chi connectivity index (χ4n) is 8.94. The van der Waals surface area contributed by atoms with Gasteiger partial charge in [-0.15, -0.1) is 0 Å². The van der Waals surface area contributed by atoms with Crippen molar-refractivity contribution in [1.82, 2.24) is 27.9 Å². The summed E-state index contributed by atoms with van der Waals surface area (Å²) < 4.78 is 22.0. The van der Waals surface area contributed by atoms with E-state index in [0.29, 0.717) is 0 Å². The second-order valence-electron chi connectivity index (χ2n) is 14.8. The highest BCUT2D eigenvalue weighted by molar-refractivity contribution is 9.10. The largest absolute Gasteiger partial charge is 0.456 e. The Morgan fingerprint density at radius 1 is 0.356 bits per heavy atom. The Hall–Kier alpha value is -7.62. The van der Waals surface area contributed by atoms with E-state index >= 15 is 0 Å². The summed E-state index contributed by atoms with van der Waals surface area (Å²) in [6.07, 6.45) is 0. The Bertz CT molecular complexity index is 4010. The smallest absolute Gasteiger partial charge is 0.220 e. The van der Waals surface area contributed by atoms with Crippen LogP contribution in [0.1, 0.15) is 0 Å². The van der Waals surface area contributed by atoms with Gasteiger partial charge in [0.1, 0.15) is 22.3 Å². The molecule has 0 amide bonds. The van der Waals surface area contributed by atoms with Gasteiger partial charge in [-0.05, 0) is 103 Å². The third-order valence-corrected chi connectivity index (χ3v) is 12.0. The molecule has 0 bridgehead atoms. The number of nitrogens with zero attached hydrogens (tertiary/aromatic N) is 6. The van der Waals surface area contributed by atoms with E-state index in [1.807, 2.05) is 42.5 Å². The lowest BCUT2D eigenvalue weighted by atomic mass is 10.1. The molecule has 59 heavy (non-hydrogen) atoms. The van der Waals surface area contributed by atoms with E-state index in [2.05, 4.69) is 167 Å². The molecule has 0 aliphatic rings. The number of para-hydroxylation sites is 8. The number of aromatic nitrogens is 6. The van der Waals surface area contributed by atoms with Crippen molar-refractivity contribution in [2.45, 2.75) is 0 Å². The molecule has 6 heterocycles. The van der Waals surface area contributed by atoms with Crippen molar-refractivity contribution in [2.24, 2.45) is 0 Å². The number of imidazole rings is 4. The van der Waals surface area contributed by atoms with Crippen LogP contribution in [0.4, 0.5) is 0 Å². The molecule has 9 heteroatoms. The van der Waals surface area contributed by atoms with Crippen molar-refractivity contribution in [2.75, 3.05) is 0 Å². The number of rotatable bonds is 2. The predicted molar refractivity (Wildman–Crippen MR) is 241 cm³/mol. The highest BCUT2D eigenvalue weighted by Crippen LogP contribution is 2.36. The molecule has 0 unspecified atom stereocenters. The molecule has 0 N–H and O–H groups in total. The summed E-state index contributed by atoms with van der Waals surface area (Å²) in [5.41, 5.74) is 14.4. The number of hydrogen-bond donors (Lipinski definition) is 0. The van der Waals surface area contributed by atoms with Crippen LogP contribution in [0.2, 0.25) is 0 Å². The lowest BCUT2D eigenvalue weighted by molar-refractivity contribution is 0.668. The molecule has 0 fully saturated rings. The first-order valence-electron chi connectivity index (χ1n) is 19.4. The minimum atomic E-state index is 0.892. The molecule has 0 saturated carbocycles. The van der Waals surface area contributed by atoms with E-state index in [9.17, 15) is 0 Å². The number of hydrogen-bond acceptors (Lipinski definition) is 4. The van der Waals surface area contributed by atoms with Crippen LogP contribution in [0.3, 0.4) is 0 Å². The molecule has 0 radical (unpaired) electrons. The zero-order valence-electron chi connectivity index (χ0n) is 31.1. The summed E-state index contributed by atoms with van der Waals surface area (Å²) in [4.78, 5) is 9.94. The summed E-state index contributed by atoms with van der Waals surface area (Å²) in [6, 6.07) is 60.4. The molecule has 0 aliphatic carbocycles. The standard InChI is InChI=1S/C25H14BrN3O.C25H15N3O/c26-15-9-11-21-22(13-15)29-20-7-3-2-6-19(20)27-25(29)28(21)16-10-12-24-18(14-16)17-5-1-4-8-23(17)30-24;1-6-12-23-17(7-1)18-15-16(13-14-24(18)29-23)27-21-10-4-5-11-22(21)28-20-9-3-2-8-19(20)26-25(27)28/h1-14H;1-15H. The van der Waals surface area contributed by atoms with E-state index in [4.69, 9.17) is 18.8 Å². The predicted octanol–water partition coefficient (Wildman–Crippen LogP) is 13.4. The van der Waals surface area contributed by atoms with Crippen LogP contribution in [0, 0.1) is 0 Å². The van der Waals surface area contributed by atoms with Gasteiger partial charge in [-0.1, -0.05) is 88.7 Å². The molecule has 0 spiro atoms. The van der Waals surface area contributed by atoms with Crippen LogP contribution in [-0.4, -0.2) is 27.9 Å². The molecule has 0 aliphatic heterocycles. The van der Waals surface area contributed by atoms with Crippen molar-refractivity contribution in [3.05, 3.63) is 180 Å². The molecule has 0 saturated heterocycles. The van der Waals surface area contributed by atoms with E-state index in [1.54, 1.807) is 0 Å². The van der Waals surface area contributed by atoms with Gasteiger partial charge in [0.25, 0.3) is 0 Å². The third kappa shape index (κ3) is 4.70. The van der Waals surface area contributed by atoms with Gasteiger partial charge < -0.3 is 8.83 Å². The average molecular weight is 826 g/mol.